The van der Waals surface area contributed by atoms with Crippen molar-refractivity contribution in [1.82, 2.24) is 15.3 Å². The fraction of sp³-hybridized carbons (Fsp3) is 0.261. The van der Waals surface area contributed by atoms with Gasteiger partial charge in [-0.3, -0.25) is 4.79 Å². The molecule has 3 rings (SSSR count). The molecule has 2 N–H and O–H groups in total. The molecule has 5 nitrogen and oxygen atoms in total. The first-order chi connectivity index (χ1) is 13.5. The van der Waals surface area contributed by atoms with Crippen molar-refractivity contribution in [3.8, 4) is 0 Å². The van der Waals surface area contributed by atoms with Gasteiger partial charge in [0, 0.05) is 17.9 Å². The van der Waals surface area contributed by atoms with E-state index in [1.165, 1.54) is 11.1 Å². The molecule has 1 amide bonds. The molecule has 0 spiro atoms. The Bertz CT molecular complexity index is 954. The van der Waals surface area contributed by atoms with Gasteiger partial charge >= 0.3 is 0 Å². The van der Waals surface area contributed by atoms with Crippen LogP contribution in [0.3, 0.4) is 0 Å². The molecule has 0 aliphatic rings. The van der Waals surface area contributed by atoms with E-state index in [0.29, 0.717) is 18.2 Å². The van der Waals surface area contributed by atoms with Gasteiger partial charge in [-0.1, -0.05) is 42.5 Å². The topological polar surface area (TPSA) is 66.9 Å². The van der Waals surface area contributed by atoms with E-state index in [9.17, 15) is 4.79 Å². The first kappa shape index (κ1) is 19.5. The number of nitrogens with zero attached hydrogens (tertiary/aromatic N) is 2. The Morgan fingerprint density at radius 3 is 2.54 bits per heavy atom. The van der Waals surface area contributed by atoms with Crippen molar-refractivity contribution >= 4 is 17.5 Å². The van der Waals surface area contributed by atoms with Crippen LogP contribution < -0.4 is 10.6 Å². The van der Waals surface area contributed by atoms with Crippen molar-refractivity contribution in [2.45, 2.75) is 33.6 Å². The largest absolute Gasteiger partial charge is 0.351 e. The highest BCUT2D eigenvalue weighted by Gasteiger charge is 2.11. The van der Waals surface area contributed by atoms with Crippen LogP contribution >= 0.6 is 0 Å². The summed E-state index contributed by atoms with van der Waals surface area (Å²) in [6.45, 7) is 6.58. The lowest BCUT2D eigenvalue weighted by atomic mass is 10.1. The Morgan fingerprint density at radius 1 is 0.964 bits per heavy atom. The quantitative estimate of drug-likeness (QED) is 0.597. The first-order valence-electron chi connectivity index (χ1n) is 9.54. The summed E-state index contributed by atoms with van der Waals surface area (Å²) in [6, 6.07) is 18.0. The van der Waals surface area contributed by atoms with Crippen molar-refractivity contribution in [2.24, 2.45) is 0 Å². The number of hydrogen-bond donors (Lipinski definition) is 2. The van der Waals surface area contributed by atoms with Gasteiger partial charge in [0.05, 0.1) is 0 Å². The van der Waals surface area contributed by atoms with E-state index < -0.39 is 0 Å². The second-order valence-corrected chi connectivity index (χ2v) is 6.94. The van der Waals surface area contributed by atoms with Crippen LogP contribution in [0.2, 0.25) is 0 Å². The van der Waals surface area contributed by atoms with Crippen LogP contribution in [-0.2, 0) is 6.42 Å². The zero-order valence-electron chi connectivity index (χ0n) is 16.6. The lowest BCUT2D eigenvalue weighted by Crippen LogP contribution is -2.26. The minimum Gasteiger partial charge on any atom is -0.351 e. The Balaban J connectivity index is 1.62. The fourth-order valence-electron chi connectivity index (χ4n) is 2.98. The third-order valence-electron chi connectivity index (χ3n) is 4.71. The number of anilines is 2. The van der Waals surface area contributed by atoms with E-state index in [0.717, 1.165) is 29.8 Å². The lowest BCUT2D eigenvalue weighted by Gasteiger charge is -2.12. The molecular formula is C23H26N4O. The maximum absolute atomic E-state index is 12.5. The minimum atomic E-state index is -0.178. The molecule has 3 aromatic rings. The number of amides is 1. The number of aryl methyl sites for hydroxylation is 3. The standard InChI is InChI=1S/C23H26N4O/c1-16-9-7-13-20(18(16)3)26-23-25-17(2)15-21(27-23)22(28)24-14-8-12-19-10-5-4-6-11-19/h4-7,9-11,13,15H,8,12,14H2,1-3H3,(H,24,28)(H,25,26,27). The van der Waals surface area contributed by atoms with E-state index >= 15 is 0 Å². The summed E-state index contributed by atoms with van der Waals surface area (Å²) in [6.07, 6.45) is 1.82. The van der Waals surface area contributed by atoms with E-state index in [4.69, 9.17) is 0 Å². The molecule has 0 unspecified atom stereocenters. The molecule has 144 valence electrons. The van der Waals surface area contributed by atoms with Gasteiger partial charge in [0.2, 0.25) is 5.95 Å². The summed E-state index contributed by atoms with van der Waals surface area (Å²) in [5.41, 5.74) is 5.67. The summed E-state index contributed by atoms with van der Waals surface area (Å²) >= 11 is 0. The second kappa shape index (κ2) is 9.13. The van der Waals surface area contributed by atoms with Gasteiger partial charge in [0.1, 0.15) is 5.69 Å². The van der Waals surface area contributed by atoms with Gasteiger partial charge in [-0.15, -0.1) is 0 Å². The second-order valence-electron chi connectivity index (χ2n) is 6.94. The SMILES string of the molecule is Cc1cc(C(=O)NCCCc2ccccc2)nc(Nc2cccc(C)c2C)n1. The normalized spacial score (nSPS) is 10.5. The first-order valence-corrected chi connectivity index (χ1v) is 9.54. The summed E-state index contributed by atoms with van der Waals surface area (Å²) in [4.78, 5) is 21.3. The summed E-state index contributed by atoms with van der Waals surface area (Å²) in [5.74, 6) is 0.255. The molecule has 1 heterocycles. The molecule has 0 atom stereocenters. The van der Waals surface area contributed by atoms with E-state index in [1.54, 1.807) is 6.07 Å². The smallest absolute Gasteiger partial charge is 0.270 e. The number of carbonyl (C=O) groups is 1. The minimum absolute atomic E-state index is 0.178. The summed E-state index contributed by atoms with van der Waals surface area (Å²) in [7, 11) is 0. The molecule has 0 aliphatic heterocycles. The molecule has 2 aromatic carbocycles. The van der Waals surface area contributed by atoms with Crippen LogP contribution in [0.15, 0.2) is 54.6 Å². The number of nitrogens with one attached hydrogen (secondary N) is 2. The van der Waals surface area contributed by atoms with Crippen molar-refractivity contribution in [3.63, 3.8) is 0 Å². The Labute approximate surface area is 166 Å². The Kier molecular flexibility index (Phi) is 6.37. The van der Waals surface area contributed by atoms with Gasteiger partial charge in [-0.2, -0.15) is 0 Å². The number of carbonyl (C=O) groups excluding carboxylic acids is 1. The molecule has 0 aliphatic carbocycles. The third-order valence-corrected chi connectivity index (χ3v) is 4.71. The summed E-state index contributed by atoms with van der Waals surface area (Å²) < 4.78 is 0. The van der Waals surface area contributed by atoms with Crippen LogP contribution in [-0.4, -0.2) is 22.4 Å². The number of rotatable bonds is 7. The number of aromatic nitrogens is 2. The number of hydrogen-bond acceptors (Lipinski definition) is 4. The molecule has 5 heteroatoms. The molecule has 0 bridgehead atoms. The average molecular weight is 374 g/mol. The highest BCUT2D eigenvalue weighted by atomic mass is 16.1. The zero-order chi connectivity index (χ0) is 19.9. The van der Waals surface area contributed by atoms with E-state index in [2.05, 4.69) is 45.7 Å². The van der Waals surface area contributed by atoms with Crippen LogP contribution in [0.4, 0.5) is 11.6 Å². The maximum atomic E-state index is 12.5. The van der Waals surface area contributed by atoms with Crippen molar-refractivity contribution in [2.75, 3.05) is 11.9 Å². The molecule has 0 fully saturated rings. The third kappa shape index (κ3) is 5.16. The van der Waals surface area contributed by atoms with Crippen molar-refractivity contribution in [1.29, 1.82) is 0 Å². The molecular weight excluding hydrogens is 348 g/mol. The lowest BCUT2D eigenvalue weighted by molar-refractivity contribution is 0.0948. The number of benzene rings is 2. The van der Waals surface area contributed by atoms with Gasteiger partial charge in [0.15, 0.2) is 0 Å². The Hall–Kier alpha value is -3.21. The molecule has 0 saturated heterocycles. The van der Waals surface area contributed by atoms with Crippen molar-refractivity contribution in [3.05, 3.63) is 82.7 Å². The van der Waals surface area contributed by atoms with Crippen LogP contribution in [0.1, 0.15) is 39.3 Å². The van der Waals surface area contributed by atoms with Crippen LogP contribution in [0, 0.1) is 20.8 Å². The van der Waals surface area contributed by atoms with E-state index in [-0.39, 0.29) is 5.91 Å². The maximum Gasteiger partial charge on any atom is 0.270 e. The van der Waals surface area contributed by atoms with Crippen molar-refractivity contribution < 1.29 is 4.79 Å². The fourth-order valence-corrected chi connectivity index (χ4v) is 2.98. The molecule has 28 heavy (non-hydrogen) atoms. The molecule has 0 saturated carbocycles. The van der Waals surface area contributed by atoms with Gasteiger partial charge in [-0.25, -0.2) is 9.97 Å². The van der Waals surface area contributed by atoms with Crippen LogP contribution in [0.5, 0.6) is 0 Å². The highest BCUT2D eigenvalue weighted by Crippen LogP contribution is 2.21. The highest BCUT2D eigenvalue weighted by molar-refractivity contribution is 5.92. The summed E-state index contributed by atoms with van der Waals surface area (Å²) in [5, 5.41) is 6.19. The average Bonchev–Trinajstić information content (AvgIpc) is 2.69. The Morgan fingerprint density at radius 2 is 1.75 bits per heavy atom. The molecule has 1 aromatic heterocycles. The monoisotopic (exact) mass is 374 g/mol. The van der Waals surface area contributed by atoms with Crippen LogP contribution in [0.25, 0.3) is 0 Å². The van der Waals surface area contributed by atoms with Gasteiger partial charge in [0.25, 0.3) is 5.91 Å². The predicted molar refractivity (Wildman–Crippen MR) is 113 cm³/mol. The van der Waals surface area contributed by atoms with Gasteiger partial charge < -0.3 is 10.6 Å². The molecule has 0 radical (unpaired) electrons. The zero-order valence-corrected chi connectivity index (χ0v) is 16.6. The predicted octanol–water partition coefficient (Wildman–Crippen LogP) is 4.51. The van der Waals surface area contributed by atoms with E-state index in [1.807, 2.05) is 44.2 Å². The van der Waals surface area contributed by atoms with Gasteiger partial charge in [-0.05, 0) is 62.4 Å².